The van der Waals surface area contributed by atoms with Crippen molar-refractivity contribution >= 4 is 39.1 Å². The first-order valence-corrected chi connectivity index (χ1v) is 15.7. The number of sulfonamides is 1. The van der Waals surface area contributed by atoms with E-state index in [2.05, 4.69) is 5.32 Å². The Labute approximate surface area is 247 Å². The Morgan fingerprint density at radius 1 is 0.976 bits per heavy atom. The Morgan fingerprint density at radius 2 is 1.61 bits per heavy atom. The van der Waals surface area contributed by atoms with Gasteiger partial charge < -0.3 is 15.0 Å². The summed E-state index contributed by atoms with van der Waals surface area (Å²) in [5, 5.41) is 3.47. The predicted molar refractivity (Wildman–Crippen MR) is 160 cm³/mol. The number of ether oxygens (including phenoxy) is 1. The standard InChI is InChI=1S/C31H36ClN3O5S/c1-3-40-28-17-15-27(16-18-28)35(41(38,39)29-19-13-25(32)14-20-29)22-30(36)34(21-24-9-5-4-6-10-24)23(2)31(37)33-26-11-7-8-12-26/h4-6,9-10,13-20,23,26H,3,7-8,11-12,21-22H2,1-2H3,(H,33,37)/t23-/m1/s1. The second-order valence-corrected chi connectivity index (χ2v) is 12.4. The highest BCUT2D eigenvalue weighted by atomic mass is 35.5. The third kappa shape index (κ3) is 7.80. The van der Waals surface area contributed by atoms with Gasteiger partial charge in [0.25, 0.3) is 10.0 Å². The van der Waals surface area contributed by atoms with Gasteiger partial charge in [-0.25, -0.2) is 8.42 Å². The second-order valence-electron chi connectivity index (χ2n) is 10.1. The SMILES string of the molecule is CCOc1ccc(N(CC(=O)N(Cc2ccccc2)[C@H](C)C(=O)NC2CCCC2)S(=O)(=O)c2ccc(Cl)cc2)cc1. The number of rotatable bonds is 12. The molecule has 0 saturated heterocycles. The van der Waals surface area contributed by atoms with E-state index in [1.54, 1.807) is 31.2 Å². The van der Waals surface area contributed by atoms with Crippen molar-refractivity contribution in [1.29, 1.82) is 0 Å². The molecular weight excluding hydrogens is 562 g/mol. The van der Waals surface area contributed by atoms with Gasteiger partial charge in [-0.2, -0.15) is 0 Å². The third-order valence-electron chi connectivity index (χ3n) is 7.18. The van der Waals surface area contributed by atoms with E-state index < -0.39 is 28.5 Å². The van der Waals surface area contributed by atoms with Crippen LogP contribution < -0.4 is 14.4 Å². The Bertz CT molecular complexity index is 1410. The van der Waals surface area contributed by atoms with Crippen molar-refractivity contribution in [3.63, 3.8) is 0 Å². The number of amides is 2. The van der Waals surface area contributed by atoms with E-state index in [0.717, 1.165) is 35.6 Å². The number of carbonyl (C=O) groups is 2. The van der Waals surface area contributed by atoms with E-state index in [9.17, 15) is 18.0 Å². The maximum Gasteiger partial charge on any atom is 0.264 e. The summed E-state index contributed by atoms with van der Waals surface area (Å²) in [4.78, 5) is 28.7. The largest absolute Gasteiger partial charge is 0.494 e. The summed E-state index contributed by atoms with van der Waals surface area (Å²) in [6.45, 7) is 3.64. The Kier molecular flexibility index (Phi) is 10.3. The van der Waals surface area contributed by atoms with Crippen molar-refractivity contribution < 1.29 is 22.7 Å². The molecule has 2 amide bonds. The lowest BCUT2D eigenvalue weighted by Crippen LogP contribution is -2.52. The van der Waals surface area contributed by atoms with Gasteiger partial charge in [0.1, 0.15) is 18.3 Å². The molecule has 41 heavy (non-hydrogen) atoms. The lowest BCUT2D eigenvalue weighted by molar-refractivity contribution is -0.139. The van der Waals surface area contributed by atoms with Gasteiger partial charge >= 0.3 is 0 Å². The summed E-state index contributed by atoms with van der Waals surface area (Å²) in [6, 6.07) is 20.9. The molecule has 1 saturated carbocycles. The van der Waals surface area contributed by atoms with Crippen LogP contribution in [0, 0.1) is 0 Å². The molecule has 0 aliphatic heterocycles. The fraction of sp³-hybridized carbons (Fsp3) is 0.355. The number of halogens is 1. The zero-order chi connectivity index (χ0) is 29.4. The van der Waals surface area contributed by atoms with E-state index in [0.29, 0.717) is 23.1 Å². The average molecular weight is 598 g/mol. The summed E-state index contributed by atoms with van der Waals surface area (Å²) in [7, 11) is -4.18. The molecule has 218 valence electrons. The first kappa shape index (κ1) is 30.4. The molecule has 0 bridgehead atoms. The molecule has 1 N–H and O–H groups in total. The average Bonchev–Trinajstić information content (AvgIpc) is 3.48. The minimum absolute atomic E-state index is 0.00906. The van der Waals surface area contributed by atoms with Gasteiger partial charge in [-0.1, -0.05) is 54.8 Å². The molecule has 0 heterocycles. The second kappa shape index (κ2) is 13.9. The van der Waals surface area contributed by atoms with Crippen molar-refractivity contribution in [3.8, 4) is 5.75 Å². The van der Waals surface area contributed by atoms with Crippen LogP contribution in [0.15, 0.2) is 83.8 Å². The Morgan fingerprint density at radius 3 is 2.22 bits per heavy atom. The van der Waals surface area contributed by atoms with Crippen LogP contribution >= 0.6 is 11.6 Å². The van der Waals surface area contributed by atoms with Crippen LogP contribution in [0.5, 0.6) is 5.75 Å². The fourth-order valence-corrected chi connectivity index (χ4v) is 6.43. The van der Waals surface area contributed by atoms with E-state index >= 15 is 0 Å². The molecule has 4 rings (SSSR count). The van der Waals surface area contributed by atoms with E-state index in [-0.39, 0.29) is 23.4 Å². The number of anilines is 1. The van der Waals surface area contributed by atoms with Gasteiger partial charge in [0.15, 0.2) is 0 Å². The zero-order valence-corrected chi connectivity index (χ0v) is 24.9. The number of benzene rings is 3. The molecular formula is C31H36ClN3O5S. The maximum atomic E-state index is 14.0. The molecule has 1 aliphatic carbocycles. The van der Waals surface area contributed by atoms with Gasteiger partial charge in [0.2, 0.25) is 11.8 Å². The van der Waals surface area contributed by atoms with Gasteiger partial charge in [0.05, 0.1) is 17.2 Å². The van der Waals surface area contributed by atoms with Gasteiger partial charge in [-0.3, -0.25) is 13.9 Å². The zero-order valence-electron chi connectivity index (χ0n) is 23.3. The Hall–Kier alpha value is -3.56. The lowest BCUT2D eigenvalue weighted by atomic mass is 10.1. The van der Waals surface area contributed by atoms with Crippen molar-refractivity contribution in [3.05, 3.63) is 89.4 Å². The quantitative estimate of drug-likeness (QED) is 0.301. The minimum atomic E-state index is -4.18. The van der Waals surface area contributed by atoms with Crippen molar-refractivity contribution in [2.24, 2.45) is 0 Å². The highest BCUT2D eigenvalue weighted by molar-refractivity contribution is 7.92. The van der Waals surface area contributed by atoms with Crippen LogP contribution in [0.2, 0.25) is 5.02 Å². The summed E-state index contributed by atoms with van der Waals surface area (Å²) in [5.74, 6) is -0.182. The molecule has 0 unspecified atom stereocenters. The number of nitrogens with one attached hydrogen (secondary N) is 1. The molecule has 0 spiro atoms. The maximum absolute atomic E-state index is 14.0. The van der Waals surface area contributed by atoms with E-state index in [1.165, 1.54) is 29.2 Å². The molecule has 10 heteroatoms. The highest BCUT2D eigenvalue weighted by Crippen LogP contribution is 2.27. The topological polar surface area (TPSA) is 96.0 Å². The van der Waals surface area contributed by atoms with Crippen molar-refractivity contribution in [1.82, 2.24) is 10.2 Å². The van der Waals surface area contributed by atoms with E-state index in [1.807, 2.05) is 37.3 Å². The van der Waals surface area contributed by atoms with Crippen LogP contribution in [-0.2, 0) is 26.2 Å². The molecule has 0 radical (unpaired) electrons. The number of hydrogen-bond acceptors (Lipinski definition) is 5. The summed E-state index contributed by atoms with van der Waals surface area (Å²) < 4.78 is 34.4. The predicted octanol–water partition coefficient (Wildman–Crippen LogP) is 5.41. The lowest BCUT2D eigenvalue weighted by Gasteiger charge is -2.32. The monoisotopic (exact) mass is 597 g/mol. The molecule has 1 atom stereocenters. The number of hydrogen-bond donors (Lipinski definition) is 1. The molecule has 0 aromatic heterocycles. The summed E-state index contributed by atoms with van der Waals surface area (Å²) in [6.07, 6.45) is 3.95. The van der Waals surface area contributed by atoms with Crippen LogP contribution in [0.4, 0.5) is 5.69 Å². The van der Waals surface area contributed by atoms with Gasteiger partial charge in [-0.15, -0.1) is 0 Å². The van der Waals surface area contributed by atoms with E-state index in [4.69, 9.17) is 16.3 Å². The smallest absolute Gasteiger partial charge is 0.264 e. The van der Waals surface area contributed by atoms with Crippen molar-refractivity contribution in [2.75, 3.05) is 17.5 Å². The minimum Gasteiger partial charge on any atom is -0.494 e. The first-order valence-electron chi connectivity index (χ1n) is 13.8. The molecule has 1 fully saturated rings. The third-order valence-corrected chi connectivity index (χ3v) is 9.22. The molecule has 3 aromatic carbocycles. The van der Waals surface area contributed by atoms with Crippen molar-refractivity contribution in [2.45, 2.75) is 63.1 Å². The molecule has 8 nitrogen and oxygen atoms in total. The fourth-order valence-electron chi connectivity index (χ4n) is 4.89. The molecule has 3 aromatic rings. The van der Waals surface area contributed by atoms with Gasteiger partial charge in [0, 0.05) is 17.6 Å². The van der Waals surface area contributed by atoms with Crippen LogP contribution in [-0.4, -0.2) is 50.4 Å². The van der Waals surface area contributed by atoms with Crippen LogP contribution in [0.3, 0.4) is 0 Å². The Balaban J connectivity index is 1.67. The number of carbonyl (C=O) groups excluding carboxylic acids is 2. The van der Waals surface area contributed by atoms with Gasteiger partial charge in [-0.05, 0) is 80.8 Å². The first-order chi connectivity index (χ1) is 19.7. The summed E-state index contributed by atoms with van der Waals surface area (Å²) in [5.41, 5.74) is 1.12. The molecule has 1 aliphatic rings. The summed E-state index contributed by atoms with van der Waals surface area (Å²) >= 11 is 6.01. The van der Waals surface area contributed by atoms with Crippen LogP contribution in [0.1, 0.15) is 45.1 Å². The number of nitrogens with zero attached hydrogens (tertiary/aromatic N) is 2. The van der Waals surface area contributed by atoms with Crippen LogP contribution in [0.25, 0.3) is 0 Å². The normalized spacial score (nSPS) is 14.3. The highest BCUT2D eigenvalue weighted by Gasteiger charge is 2.33.